The van der Waals surface area contributed by atoms with Crippen molar-refractivity contribution in [1.82, 2.24) is 4.90 Å². The van der Waals surface area contributed by atoms with Crippen molar-refractivity contribution < 1.29 is 13.6 Å². The minimum Gasteiger partial charge on any atom is -0.467 e. The van der Waals surface area contributed by atoms with Crippen LogP contribution in [0.4, 0.5) is 4.39 Å². The van der Waals surface area contributed by atoms with Crippen LogP contribution in [0.1, 0.15) is 16.9 Å². The molecule has 3 aromatic rings. The maximum absolute atomic E-state index is 14.2. The first-order chi connectivity index (χ1) is 13.4. The van der Waals surface area contributed by atoms with Gasteiger partial charge >= 0.3 is 0 Å². The first kappa shape index (κ1) is 20.5. The third-order valence-electron chi connectivity index (χ3n) is 4.02. The van der Waals surface area contributed by atoms with Crippen molar-refractivity contribution in [3.63, 3.8) is 0 Å². The SMILES string of the molecule is O=C(/C=C/c1ccc(Cl)cc1Cl)N(Cc1ccco1)Cc1c(F)cccc1Cl. The fourth-order valence-corrected chi connectivity index (χ4v) is 3.27. The van der Waals surface area contributed by atoms with Gasteiger partial charge in [-0.25, -0.2) is 4.39 Å². The molecule has 28 heavy (non-hydrogen) atoms. The zero-order valence-electron chi connectivity index (χ0n) is 14.5. The van der Waals surface area contributed by atoms with Gasteiger partial charge in [-0.1, -0.05) is 46.9 Å². The number of hydrogen-bond donors (Lipinski definition) is 0. The van der Waals surface area contributed by atoms with Crippen LogP contribution in [0.2, 0.25) is 15.1 Å². The Balaban J connectivity index is 1.85. The van der Waals surface area contributed by atoms with Crippen LogP contribution in [0.25, 0.3) is 6.08 Å². The Morgan fingerprint density at radius 3 is 2.54 bits per heavy atom. The van der Waals surface area contributed by atoms with Crippen molar-refractivity contribution in [3.05, 3.63) is 98.6 Å². The summed E-state index contributed by atoms with van der Waals surface area (Å²) in [6.45, 7) is 0.152. The monoisotopic (exact) mass is 437 g/mol. The number of nitrogens with zero attached hydrogens (tertiary/aromatic N) is 1. The summed E-state index contributed by atoms with van der Waals surface area (Å²) in [5, 5.41) is 1.18. The second kappa shape index (κ2) is 9.28. The van der Waals surface area contributed by atoms with Crippen LogP contribution in [0.3, 0.4) is 0 Å². The Bertz CT molecular complexity index is 983. The number of furan rings is 1. The molecule has 1 aromatic heterocycles. The van der Waals surface area contributed by atoms with Crippen LogP contribution in [0, 0.1) is 5.82 Å². The van der Waals surface area contributed by atoms with Gasteiger partial charge in [0.1, 0.15) is 11.6 Å². The summed E-state index contributed by atoms with van der Waals surface area (Å²) in [5.41, 5.74) is 0.878. The van der Waals surface area contributed by atoms with E-state index in [0.717, 1.165) is 0 Å². The van der Waals surface area contributed by atoms with Crippen molar-refractivity contribution in [3.8, 4) is 0 Å². The summed E-state index contributed by atoms with van der Waals surface area (Å²) >= 11 is 18.1. The average molecular weight is 439 g/mol. The fraction of sp³-hybridized carbons (Fsp3) is 0.0952. The fourth-order valence-electron chi connectivity index (χ4n) is 2.58. The molecule has 0 aliphatic rings. The predicted molar refractivity (Wildman–Crippen MR) is 110 cm³/mol. The van der Waals surface area contributed by atoms with Gasteiger partial charge in [0.25, 0.3) is 0 Å². The lowest BCUT2D eigenvalue weighted by Gasteiger charge is -2.21. The number of carbonyl (C=O) groups excluding carboxylic acids is 1. The van der Waals surface area contributed by atoms with Gasteiger partial charge in [0.05, 0.1) is 19.4 Å². The number of halogens is 4. The lowest BCUT2D eigenvalue weighted by atomic mass is 10.1. The first-order valence-electron chi connectivity index (χ1n) is 8.31. The minimum absolute atomic E-state index is 0.0102. The lowest BCUT2D eigenvalue weighted by Crippen LogP contribution is -2.29. The lowest BCUT2D eigenvalue weighted by molar-refractivity contribution is -0.127. The molecule has 0 fully saturated rings. The van der Waals surface area contributed by atoms with Gasteiger partial charge < -0.3 is 9.32 Å². The molecule has 0 atom stereocenters. The molecular formula is C21H15Cl3FNO2. The largest absolute Gasteiger partial charge is 0.467 e. The zero-order valence-corrected chi connectivity index (χ0v) is 16.8. The maximum atomic E-state index is 14.2. The van der Waals surface area contributed by atoms with Gasteiger partial charge in [-0.05, 0) is 48.0 Å². The van der Waals surface area contributed by atoms with Crippen LogP contribution >= 0.6 is 34.8 Å². The van der Waals surface area contributed by atoms with E-state index in [4.69, 9.17) is 39.2 Å². The summed E-state index contributed by atoms with van der Waals surface area (Å²) in [6.07, 6.45) is 4.46. The van der Waals surface area contributed by atoms with E-state index in [-0.39, 0.29) is 29.6 Å². The molecule has 0 bridgehead atoms. The molecule has 2 aromatic carbocycles. The van der Waals surface area contributed by atoms with Crippen molar-refractivity contribution in [1.29, 1.82) is 0 Å². The van der Waals surface area contributed by atoms with Crippen LogP contribution in [-0.2, 0) is 17.9 Å². The van der Waals surface area contributed by atoms with Gasteiger partial charge in [-0.15, -0.1) is 0 Å². The zero-order chi connectivity index (χ0) is 20.1. The maximum Gasteiger partial charge on any atom is 0.247 e. The molecule has 0 radical (unpaired) electrons. The van der Waals surface area contributed by atoms with Gasteiger partial charge in [-0.2, -0.15) is 0 Å². The Morgan fingerprint density at radius 1 is 1.04 bits per heavy atom. The highest BCUT2D eigenvalue weighted by Crippen LogP contribution is 2.24. The van der Waals surface area contributed by atoms with E-state index in [1.807, 2.05) is 0 Å². The summed E-state index contributed by atoms with van der Waals surface area (Å²) in [6, 6.07) is 12.8. The predicted octanol–water partition coefficient (Wildman–Crippen LogP) is 6.62. The van der Waals surface area contributed by atoms with Crippen LogP contribution in [0.15, 0.2) is 65.3 Å². The third-order valence-corrected chi connectivity index (χ3v) is 4.93. The molecule has 0 saturated carbocycles. The third kappa shape index (κ3) is 5.16. The van der Waals surface area contributed by atoms with Crippen LogP contribution in [-0.4, -0.2) is 10.8 Å². The number of carbonyl (C=O) groups is 1. The molecule has 3 rings (SSSR count). The van der Waals surface area contributed by atoms with E-state index < -0.39 is 5.82 Å². The van der Waals surface area contributed by atoms with Crippen molar-refractivity contribution in [2.45, 2.75) is 13.1 Å². The standard InChI is InChI=1S/C21H15Cl3FNO2/c22-15-8-6-14(19(24)11-15)7-9-21(27)26(12-16-3-2-10-28-16)13-17-18(23)4-1-5-20(17)25/h1-11H,12-13H2/b9-7+. The van der Waals surface area contributed by atoms with Gasteiger partial charge in [0.15, 0.2) is 0 Å². The Labute approximate surface area is 176 Å². The summed E-state index contributed by atoms with van der Waals surface area (Å²) in [4.78, 5) is 14.2. The van der Waals surface area contributed by atoms with E-state index in [0.29, 0.717) is 21.4 Å². The molecule has 7 heteroatoms. The molecule has 0 spiro atoms. The number of rotatable bonds is 6. The molecule has 3 nitrogen and oxygen atoms in total. The Hall–Kier alpha value is -2.27. The summed E-state index contributed by atoms with van der Waals surface area (Å²) in [7, 11) is 0. The second-order valence-corrected chi connectivity index (χ2v) is 7.22. The normalized spacial score (nSPS) is 11.1. The summed E-state index contributed by atoms with van der Waals surface area (Å²) in [5.74, 6) is -0.255. The highest BCUT2D eigenvalue weighted by atomic mass is 35.5. The van der Waals surface area contributed by atoms with E-state index >= 15 is 0 Å². The van der Waals surface area contributed by atoms with Crippen LogP contribution < -0.4 is 0 Å². The molecule has 0 unspecified atom stereocenters. The number of benzene rings is 2. The van der Waals surface area contributed by atoms with Gasteiger partial charge in [0, 0.05) is 26.7 Å². The first-order valence-corrected chi connectivity index (χ1v) is 9.45. The molecule has 144 valence electrons. The van der Waals surface area contributed by atoms with Crippen LogP contribution in [0.5, 0.6) is 0 Å². The molecular weight excluding hydrogens is 424 g/mol. The van der Waals surface area contributed by atoms with Gasteiger partial charge in [-0.3, -0.25) is 4.79 Å². The average Bonchev–Trinajstić information content (AvgIpc) is 3.16. The molecule has 0 N–H and O–H groups in total. The van der Waals surface area contributed by atoms with Crippen molar-refractivity contribution >= 4 is 46.8 Å². The number of amides is 1. The molecule has 0 saturated heterocycles. The minimum atomic E-state index is -0.477. The second-order valence-electron chi connectivity index (χ2n) is 5.97. The quantitative estimate of drug-likeness (QED) is 0.405. The molecule has 1 heterocycles. The van der Waals surface area contributed by atoms with E-state index in [1.54, 1.807) is 42.5 Å². The smallest absolute Gasteiger partial charge is 0.247 e. The summed E-state index contributed by atoms with van der Waals surface area (Å²) < 4.78 is 19.5. The van der Waals surface area contributed by atoms with E-state index in [1.165, 1.54) is 29.4 Å². The number of hydrogen-bond acceptors (Lipinski definition) is 2. The molecule has 0 aliphatic carbocycles. The molecule has 0 aliphatic heterocycles. The Morgan fingerprint density at radius 2 is 1.86 bits per heavy atom. The topological polar surface area (TPSA) is 33.5 Å². The molecule has 1 amide bonds. The Kier molecular flexibility index (Phi) is 6.79. The van der Waals surface area contributed by atoms with Crippen molar-refractivity contribution in [2.75, 3.05) is 0 Å². The van der Waals surface area contributed by atoms with E-state index in [9.17, 15) is 9.18 Å². The van der Waals surface area contributed by atoms with E-state index in [2.05, 4.69) is 0 Å². The van der Waals surface area contributed by atoms with Crippen molar-refractivity contribution in [2.24, 2.45) is 0 Å². The van der Waals surface area contributed by atoms with Gasteiger partial charge in [0.2, 0.25) is 5.91 Å². The highest BCUT2D eigenvalue weighted by molar-refractivity contribution is 6.35. The highest BCUT2D eigenvalue weighted by Gasteiger charge is 2.18.